The number of nitrogens with two attached hydrogens (primary N) is 1. The molecule has 0 atom stereocenters. The second-order valence-electron chi connectivity index (χ2n) is 3.83. The van der Waals surface area contributed by atoms with Crippen LogP contribution in [0.2, 0.25) is 0 Å². The highest BCUT2D eigenvalue weighted by Gasteiger charge is 2.18. The summed E-state index contributed by atoms with van der Waals surface area (Å²) < 4.78 is 0. The number of nitrogens with one attached hydrogen (secondary N) is 1. The fourth-order valence-corrected chi connectivity index (χ4v) is 1.82. The van der Waals surface area contributed by atoms with Crippen LogP contribution in [0.1, 0.15) is 25.7 Å². The molecule has 0 amide bonds. The molecule has 92 valence electrons. The van der Waals surface area contributed by atoms with Crippen LogP contribution in [0.25, 0.3) is 0 Å². The first-order valence-electron chi connectivity index (χ1n) is 5.14. The maximum atomic E-state index is 5.83. The average Bonchev–Trinajstić information content (AvgIpc) is 2.23. The van der Waals surface area contributed by atoms with Crippen molar-refractivity contribution < 1.29 is 0 Å². The zero-order valence-corrected chi connectivity index (χ0v) is 12.4. The van der Waals surface area contributed by atoms with Crippen LogP contribution in [-0.4, -0.2) is 22.1 Å². The first-order valence-corrected chi connectivity index (χ1v) is 5.14. The summed E-state index contributed by atoms with van der Waals surface area (Å²) in [6.07, 6.45) is 7.96. The third-order valence-electron chi connectivity index (χ3n) is 2.67. The topological polar surface area (TPSA) is 63.8 Å². The van der Waals surface area contributed by atoms with E-state index >= 15 is 0 Å². The zero-order chi connectivity index (χ0) is 9.80. The van der Waals surface area contributed by atoms with E-state index in [1.54, 1.807) is 12.4 Å². The van der Waals surface area contributed by atoms with Crippen molar-refractivity contribution in [3.63, 3.8) is 0 Å². The molecule has 6 heteroatoms. The molecule has 1 aromatic rings. The van der Waals surface area contributed by atoms with E-state index in [1.165, 1.54) is 0 Å². The Morgan fingerprint density at radius 1 is 1.06 bits per heavy atom. The summed E-state index contributed by atoms with van der Waals surface area (Å²) in [5.74, 6) is 0.730. The van der Waals surface area contributed by atoms with Gasteiger partial charge in [-0.3, -0.25) is 0 Å². The van der Waals surface area contributed by atoms with Gasteiger partial charge in [-0.15, -0.1) is 34.0 Å². The van der Waals surface area contributed by atoms with Crippen molar-refractivity contribution in [2.75, 3.05) is 5.32 Å². The van der Waals surface area contributed by atoms with Crippen LogP contribution in [0.5, 0.6) is 0 Å². The Morgan fingerprint density at radius 2 is 1.62 bits per heavy atom. The average molecular weight is 354 g/mol. The highest BCUT2D eigenvalue weighted by molar-refractivity contribution is 8.93. The highest BCUT2D eigenvalue weighted by Crippen LogP contribution is 2.19. The second-order valence-corrected chi connectivity index (χ2v) is 3.83. The summed E-state index contributed by atoms with van der Waals surface area (Å²) in [7, 11) is 0. The number of anilines is 1. The molecule has 0 spiro atoms. The van der Waals surface area contributed by atoms with E-state index in [9.17, 15) is 0 Å². The molecule has 1 saturated carbocycles. The highest BCUT2D eigenvalue weighted by atomic mass is 79.9. The summed E-state index contributed by atoms with van der Waals surface area (Å²) in [5, 5.41) is 3.32. The predicted molar refractivity (Wildman–Crippen MR) is 76.5 cm³/mol. The van der Waals surface area contributed by atoms with E-state index in [1.807, 2.05) is 6.07 Å². The minimum Gasteiger partial charge on any atom is -0.351 e. The Kier molecular flexibility index (Phi) is 7.87. The summed E-state index contributed by atoms with van der Waals surface area (Å²) >= 11 is 0. The molecular weight excluding hydrogens is 336 g/mol. The molecule has 2 rings (SSSR count). The number of aromatic nitrogens is 2. The molecule has 1 heterocycles. The molecule has 1 fully saturated rings. The molecule has 0 unspecified atom stereocenters. The Morgan fingerprint density at radius 3 is 2.19 bits per heavy atom. The molecule has 0 saturated heterocycles. The molecule has 16 heavy (non-hydrogen) atoms. The molecule has 0 aromatic carbocycles. The second kappa shape index (κ2) is 7.97. The monoisotopic (exact) mass is 352 g/mol. The number of nitrogens with zero attached hydrogens (tertiary/aromatic N) is 2. The number of rotatable bonds is 2. The Labute approximate surface area is 117 Å². The van der Waals surface area contributed by atoms with E-state index in [0.717, 1.165) is 31.6 Å². The van der Waals surface area contributed by atoms with Gasteiger partial charge in [0, 0.05) is 24.5 Å². The third kappa shape index (κ3) is 4.76. The predicted octanol–water partition coefficient (Wildman–Crippen LogP) is 2.31. The molecule has 0 aliphatic heterocycles. The first kappa shape index (κ1) is 15.8. The largest absolute Gasteiger partial charge is 0.351 e. The number of hydrogen-bond donors (Lipinski definition) is 2. The molecule has 1 aliphatic rings. The van der Waals surface area contributed by atoms with Crippen molar-refractivity contribution in [1.82, 2.24) is 9.97 Å². The summed E-state index contributed by atoms with van der Waals surface area (Å²) in [6, 6.07) is 2.71. The van der Waals surface area contributed by atoms with E-state index < -0.39 is 0 Å². The van der Waals surface area contributed by atoms with Gasteiger partial charge < -0.3 is 11.1 Å². The molecule has 0 bridgehead atoms. The van der Waals surface area contributed by atoms with Gasteiger partial charge in [0.15, 0.2) is 0 Å². The van der Waals surface area contributed by atoms with Gasteiger partial charge in [0.2, 0.25) is 5.95 Å². The summed E-state index contributed by atoms with van der Waals surface area (Å²) in [5.41, 5.74) is 5.83. The van der Waals surface area contributed by atoms with E-state index in [4.69, 9.17) is 5.73 Å². The molecule has 0 radical (unpaired) electrons. The fraction of sp³-hybridized carbons (Fsp3) is 0.600. The van der Waals surface area contributed by atoms with Crippen LogP contribution in [0.3, 0.4) is 0 Å². The van der Waals surface area contributed by atoms with E-state index in [0.29, 0.717) is 12.1 Å². The quantitative estimate of drug-likeness (QED) is 0.856. The Hall–Kier alpha value is -0.200. The summed E-state index contributed by atoms with van der Waals surface area (Å²) in [6.45, 7) is 0. The van der Waals surface area contributed by atoms with Gasteiger partial charge in [-0.05, 0) is 31.7 Å². The molecule has 1 aliphatic carbocycles. The lowest BCUT2D eigenvalue weighted by Gasteiger charge is -2.26. The standard InChI is InChI=1S/C10H16N4.2BrH/c11-8-2-4-9(5-3-8)14-10-12-6-1-7-13-10;;/h1,6-9H,2-5,11H2,(H,12,13,14);2*1H. The lowest BCUT2D eigenvalue weighted by atomic mass is 9.92. The first-order chi connectivity index (χ1) is 6.84. The molecular formula is C10H18Br2N4. The molecule has 3 N–H and O–H groups in total. The van der Waals surface area contributed by atoms with Crippen molar-refractivity contribution in [2.24, 2.45) is 5.73 Å². The molecule has 1 aromatic heterocycles. The van der Waals surface area contributed by atoms with Crippen molar-refractivity contribution in [1.29, 1.82) is 0 Å². The zero-order valence-electron chi connectivity index (χ0n) is 9.00. The minimum atomic E-state index is 0. The van der Waals surface area contributed by atoms with Gasteiger partial charge in [-0.2, -0.15) is 0 Å². The van der Waals surface area contributed by atoms with Gasteiger partial charge in [0.25, 0.3) is 0 Å². The summed E-state index contributed by atoms with van der Waals surface area (Å²) in [4.78, 5) is 8.28. The van der Waals surface area contributed by atoms with Gasteiger partial charge >= 0.3 is 0 Å². The SMILES string of the molecule is Br.Br.NC1CCC(Nc2ncccn2)CC1. The molecule has 4 nitrogen and oxygen atoms in total. The smallest absolute Gasteiger partial charge is 0.222 e. The lowest BCUT2D eigenvalue weighted by molar-refractivity contribution is 0.410. The normalized spacial score (nSPS) is 23.8. The van der Waals surface area contributed by atoms with Crippen molar-refractivity contribution in [2.45, 2.75) is 37.8 Å². The minimum absolute atomic E-state index is 0. The van der Waals surface area contributed by atoms with E-state index in [-0.39, 0.29) is 34.0 Å². The Balaban J connectivity index is 0.00000112. The van der Waals surface area contributed by atoms with Crippen molar-refractivity contribution in [3.8, 4) is 0 Å². The van der Waals surface area contributed by atoms with Crippen LogP contribution in [0.4, 0.5) is 5.95 Å². The Bertz CT molecular complexity index is 275. The van der Waals surface area contributed by atoms with Gasteiger partial charge in [-0.1, -0.05) is 0 Å². The van der Waals surface area contributed by atoms with Crippen LogP contribution in [0.15, 0.2) is 18.5 Å². The van der Waals surface area contributed by atoms with Crippen molar-refractivity contribution in [3.05, 3.63) is 18.5 Å². The van der Waals surface area contributed by atoms with Gasteiger partial charge in [-0.25, -0.2) is 9.97 Å². The van der Waals surface area contributed by atoms with Crippen LogP contribution in [-0.2, 0) is 0 Å². The lowest BCUT2D eigenvalue weighted by Crippen LogP contribution is -2.33. The number of halogens is 2. The van der Waals surface area contributed by atoms with E-state index in [2.05, 4.69) is 15.3 Å². The third-order valence-corrected chi connectivity index (χ3v) is 2.67. The van der Waals surface area contributed by atoms with Gasteiger partial charge in [0.1, 0.15) is 0 Å². The fourth-order valence-electron chi connectivity index (χ4n) is 1.82. The van der Waals surface area contributed by atoms with Crippen molar-refractivity contribution >= 4 is 39.9 Å². The van der Waals surface area contributed by atoms with Crippen LogP contribution < -0.4 is 11.1 Å². The maximum Gasteiger partial charge on any atom is 0.222 e. The van der Waals surface area contributed by atoms with Gasteiger partial charge in [0.05, 0.1) is 0 Å². The van der Waals surface area contributed by atoms with Crippen LogP contribution >= 0.6 is 34.0 Å². The number of hydrogen-bond acceptors (Lipinski definition) is 4. The van der Waals surface area contributed by atoms with Crippen LogP contribution in [0, 0.1) is 0 Å². The maximum absolute atomic E-state index is 5.83.